The van der Waals surface area contributed by atoms with Crippen LogP contribution in [0, 0.1) is 0 Å². The molecule has 1 atom stereocenters. The standard InChI is InChI=1S/C28H54O4/c1-3-5-7-8-9-10-11-12-13-14-15-16-17-18-19-20-22-24-28(31)32-26(25-27(29)30)23-21-6-4-2/h26H,3-25H2,1-2H3,(H,29,30). The van der Waals surface area contributed by atoms with Crippen molar-refractivity contribution >= 4 is 11.9 Å². The van der Waals surface area contributed by atoms with Gasteiger partial charge < -0.3 is 9.84 Å². The molecule has 1 unspecified atom stereocenters. The Hall–Kier alpha value is -1.06. The maximum absolute atomic E-state index is 12.0. The third kappa shape index (κ3) is 23.6. The van der Waals surface area contributed by atoms with Crippen LogP contribution in [-0.2, 0) is 14.3 Å². The summed E-state index contributed by atoms with van der Waals surface area (Å²) in [5, 5.41) is 8.99. The van der Waals surface area contributed by atoms with Gasteiger partial charge in [-0.2, -0.15) is 0 Å². The van der Waals surface area contributed by atoms with Crippen LogP contribution in [0.2, 0.25) is 0 Å². The molecule has 0 aliphatic heterocycles. The molecule has 32 heavy (non-hydrogen) atoms. The summed E-state index contributed by atoms with van der Waals surface area (Å²) in [4.78, 5) is 23.0. The Kier molecular flexibility index (Phi) is 23.8. The highest BCUT2D eigenvalue weighted by Crippen LogP contribution is 2.15. The summed E-state index contributed by atoms with van der Waals surface area (Å²) < 4.78 is 5.42. The third-order valence-corrected chi connectivity index (χ3v) is 6.31. The Morgan fingerprint density at radius 3 is 1.38 bits per heavy atom. The lowest BCUT2D eigenvalue weighted by molar-refractivity contribution is -0.153. The van der Waals surface area contributed by atoms with Gasteiger partial charge in [0.25, 0.3) is 0 Å². The van der Waals surface area contributed by atoms with Crippen LogP contribution in [0.5, 0.6) is 0 Å². The summed E-state index contributed by atoms with van der Waals surface area (Å²) in [6, 6.07) is 0. The van der Waals surface area contributed by atoms with Gasteiger partial charge in [0.15, 0.2) is 0 Å². The molecule has 0 fully saturated rings. The molecule has 0 aliphatic rings. The number of carbonyl (C=O) groups is 2. The van der Waals surface area contributed by atoms with Crippen LogP contribution < -0.4 is 0 Å². The van der Waals surface area contributed by atoms with E-state index in [0.29, 0.717) is 12.8 Å². The first kappa shape index (κ1) is 30.9. The van der Waals surface area contributed by atoms with Crippen LogP contribution in [0.3, 0.4) is 0 Å². The average molecular weight is 455 g/mol. The summed E-state index contributed by atoms with van der Waals surface area (Å²) in [6.45, 7) is 4.38. The molecule has 0 spiro atoms. The van der Waals surface area contributed by atoms with Crippen molar-refractivity contribution in [3.63, 3.8) is 0 Å². The van der Waals surface area contributed by atoms with Crippen LogP contribution in [0.25, 0.3) is 0 Å². The molecule has 0 rings (SSSR count). The van der Waals surface area contributed by atoms with E-state index in [1.54, 1.807) is 0 Å². The molecule has 0 bridgehead atoms. The van der Waals surface area contributed by atoms with Crippen LogP contribution >= 0.6 is 0 Å². The van der Waals surface area contributed by atoms with E-state index < -0.39 is 12.1 Å². The van der Waals surface area contributed by atoms with E-state index in [1.807, 2.05) is 0 Å². The van der Waals surface area contributed by atoms with E-state index in [4.69, 9.17) is 9.84 Å². The molecule has 4 heteroatoms. The lowest BCUT2D eigenvalue weighted by Crippen LogP contribution is -2.21. The van der Waals surface area contributed by atoms with E-state index in [1.165, 1.54) is 96.3 Å². The van der Waals surface area contributed by atoms with Gasteiger partial charge in [-0.05, 0) is 19.3 Å². The maximum Gasteiger partial charge on any atom is 0.307 e. The van der Waals surface area contributed by atoms with Gasteiger partial charge in [0.2, 0.25) is 0 Å². The average Bonchev–Trinajstić information content (AvgIpc) is 2.75. The molecule has 0 aromatic rings. The van der Waals surface area contributed by atoms with Gasteiger partial charge in [0.05, 0.1) is 6.42 Å². The summed E-state index contributed by atoms with van der Waals surface area (Å²) >= 11 is 0. The van der Waals surface area contributed by atoms with Crippen LogP contribution in [0.4, 0.5) is 0 Å². The van der Waals surface area contributed by atoms with Crippen molar-refractivity contribution in [1.29, 1.82) is 0 Å². The second kappa shape index (κ2) is 24.6. The van der Waals surface area contributed by atoms with E-state index in [9.17, 15) is 9.59 Å². The van der Waals surface area contributed by atoms with Gasteiger partial charge in [0.1, 0.15) is 6.10 Å². The number of aliphatic carboxylic acids is 1. The zero-order valence-electron chi connectivity index (χ0n) is 21.5. The molecule has 1 N–H and O–H groups in total. The van der Waals surface area contributed by atoms with Crippen LogP contribution in [0.1, 0.15) is 162 Å². The number of carboxylic acid groups (broad SMARTS) is 1. The monoisotopic (exact) mass is 454 g/mol. The highest BCUT2D eigenvalue weighted by atomic mass is 16.5. The molecule has 0 amide bonds. The highest BCUT2D eigenvalue weighted by Gasteiger charge is 2.17. The fourth-order valence-electron chi connectivity index (χ4n) is 4.26. The molecule has 0 heterocycles. The Morgan fingerprint density at radius 1 is 0.594 bits per heavy atom. The van der Waals surface area contributed by atoms with Crippen molar-refractivity contribution in [2.45, 2.75) is 168 Å². The Bertz CT molecular complexity index is 422. The molecule has 4 nitrogen and oxygen atoms in total. The van der Waals surface area contributed by atoms with Crippen molar-refractivity contribution in [2.24, 2.45) is 0 Å². The van der Waals surface area contributed by atoms with Crippen molar-refractivity contribution < 1.29 is 19.4 Å². The number of ether oxygens (including phenoxy) is 1. The smallest absolute Gasteiger partial charge is 0.307 e. The summed E-state index contributed by atoms with van der Waals surface area (Å²) in [5.41, 5.74) is 0. The maximum atomic E-state index is 12.0. The number of hydrogen-bond acceptors (Lipinski definition) is 3. The lowest BCUT2D eigenvalue weighted by atomic mass is 10.0. The number of unbranched alkanes of at least 4 members (excludes halogenated alkanes) is 18. The quantitative estimate of drug-likeness (QED) is 0.110. The Labute approximate surface area is 199 Å². The van der Waals surface area contributed by atoms with E-state index >= 15 is 0 Å². The number of hydrogen-bond donors (Lipinski definition) is 1. The minimum atomic E-state index is -0.892. The lowest BCUT2D eigenvalue weighted by Gasteiger charge is -2.16. The second-order valence-corrected chi connectivity index (χ2v) is 9.61. The highest BCUT2D eigenvalue weighted by molar-refractivity contribution is 5.71. The first-order chi connectivity index (χ1) is 15.6. The first-order valence-electron chi connectivity index (χ1n) is 14.0. The SMILES string of the molecule is CCCCCCCCCCCCCCCCCCCC(=O)OC(CCCCC)CC(=O)O. The van der Waals surface area contributed by atoms with Crippen LogP contribution in [0.15, 0.2) is 0 Å². The molecule has 0 aliphatic carbocycles. The van der Waals surface area contributed by atoms with Gasteiger partial charge >= 0.3 is 11.9 Å². The summed E-state index contributed by atoms with van der Waals surface area (Å²) in [7, 11) is 0. The normalized spacial score (nSPS) is 12.1. The Balaban J connectivity index is 3.44. The molecule has 190 valence electrons. The minimum absolute atomic E-state index is 0.0749. The van der Waals surface area contributed by atoms with Crippen molar-refractivity contribution in [3.8, 4) is 0 Å². The fourth-order valence-corrected chi connectivity index (χ4v) is 4.26. The van der Waals surface area contributed by atoms with Crippen LogP contribution in [-0.4, -0.2) is 23.1 Å². The van der Waals surface area contributed by atoms with Crippen molar-refractivity contribution in [2.75, 3.05) is 0 Å². The molecule has 0 aromatic heterocycles. The molecular weight excluding hydrogens is 400 g/mol. The third-order valence-electron chi connectivity index (χ3n) is 6.31. The fraction of sp³-hybridized carbons (Fsp3) is 0.929. The second-order valence-electron chi connectivity index (χ2n) is 9.61. The zero-order valence-corrected chi connectivity index (χ0v) is 21.5. The van der Waals surface area contributed by atoms with Crippen molar-refractivity contribution in [1.82, 2.24) is 0 Å². The minimum Gasteiger partial charge on any atom is -0.481 e. The number of carboxylic acids is 1. The largest absolute Gasteiger partial charge is 0.481 e. The topological polar surface area (TPSA) is 63.6 Å². The van der Waals surface area contributed by atoms with Gasteiger partial charge in [-0.1, -0.05) is 129 Å². The molecule has 0 saturated heterocycles. The molecule has 0 saturated carbocycles. The van der Waals surface area contributed by atoms with Gasteiger partial charge in [-0.15, -0.1) is 0 Å². The van der Waals surface area contributed by atoms with Crippen molar-refractivity contribution in [3.05, 3.63) is 0 Å². The molecule has 0 aromatic carbocycles. The number of rotatable bonds is 25. The molecular formula is C28H54O4. The first-order valence-corrected chi connectivity index (χ1v) is 14.0. The van der Waals surface area contributed by atoms with Gasteiger partial charge in [0, 0.05) is 6.42 Å². The van der Waals surface area contributed by atoms with Gasteiger partial charge in [-0.3, -0.25) is 9.59 Å². The Morgan fingerprint density at radius 2 is 0.969 bits per heavy atom. The summed E-state index contributed by atoms with van der Waals surface area (Å²) in [6.07, 6.45) is 26.0. The number of carbonyl (C=O) groups excluding carboxylic acids is 1. The zero-order chi connectivity index (χ0) is 23.7. The van der Waals surface area contributed by atoms with Gasteiger partial charge in [-0.25, -0.2) is 0 Å². The van der Waals surface area contributed by atoms with E-state index in [2.05, 4.69) is 13.8 Å². The van der Waals surface area contributed by atoms with E-state index in [0.717, 1.165) is 32.1 Å². The predicted octanol–water partition coefficient (Wildman–Crippen LogP) is 8.99. The number of esters is 1. The molecule has 0 radical (unpaired) electrons. The van der Waals surface area contributed by atoms with E-state index in [-0.39, 0.29) is 12.4 Å². The summed E-state index contributed by atoms with van der Waals surface area (Å²) in [5.74, 6) is -1.12. The predicted molar refractivity (Wildman–Crippen MR) is 135 cm³/mol.